The van der Waals surface area contributed by atoms with E-state index in [1.807, 2.05) is 0 Å². The SMILES string of the molecule is CCOC(=O)C(C)(C)[NH3+]. The van der Waals surface area contributed by atoms with E-state index >= 15 is 0 Å². The second kappa shape index (κ2) is 2.82. The summed E-state index contributed by atoms with van der Waals surface area (Å²) in [5, 5.41) is 0. The molecule has 0 heterocycles. The van der Waals surface area contributed by atoms with Crippen molar-refractivity contribution in [2.45, 2.75) is 26.3 Å². The fraction of sp³-hybridized carbons (Fsp3) is 0.833. The zero-order valence-corrected chi connectivity index (χ0v) is 6.23. The molecule has 3 heteroatoms. The Labute approximate surface area is 55.2 Å². The summed E-state index contributed by atoms with van der Waals surface area (Å²) in [5.41, 5.74) is 3.01. The van der Waals surface area contributed by atoms with E-state index in [0.717, 1.165) is 0 Å². The van der Waals surface area contributed by atoms with Gasteiger partial charge in [0.1, 0.15) is 0 Å². The van der Waals surface area contributed by atoms with E-state index in [9.17, 15) is 4.79 Å². The molecule has 0 saturated heterocycles. The van der Waals surface area contributed by atoms with Crippen LogP contribution in [0.5, 0.6) is 0 Å². The van der Waals surface area contributed by atoms with Crippen molar-refractivity contribution < 1.29 is 15.3 Å². The molecule has 0 aromatic rings. The summed E-state index contributed by atoms with van der Waals surface area (Å²) >= 11 is 0. The van der Waals surface area contributed by atoms with Crippen molar-refractivity contribution in [3.05, 3.63) is 0 Å². The average molecular weight is 132 g/mol. The van der Waals surface area contributed by atoms with Crippen molar-refractivity contribution in [3.63, 3.8) is 0 Å². The Morgan fingerprint density at radius 2 is 2.11 bits per heavy atom. The van der Waals surface area contributed by atoms with Crippen LogP contribution >= 0.6 is 0 Å². The molecule has 0 spiro atoms. The minimum atomic E-state index is -0.601. The molecular weight excluding hydrogens is 118 g/mol. The molecule has 0 atom stereocenters. The van der Waals surface area contributed by atoms with Crippen molar-refractivity contribution in [1.82, 2.24) is 0 Å². The summed E-state index contributed by atoms with van der Waals surface area (Å²) in [5.74, 6) is -0.245. The van der Waals surface area contributed by atoms with Crippen LogP contribution in [0, 0.1) is 0 Å². The zero-order valence-electron chi connectivity index (χ0n) is 6.23. The van der Waals surface area contributed by atoms with Crippen molar-refractivity contribution in [1.29, 1.82) is 0 Å². The van der Waals surface area contributed by atoms with Gasteiger partial charge in [0.2, 0.25) is 0 Å². The highest BCUT2D eigenvalue weighted by molar-refractivity contribution is 5.77. The van der Waals surface area contributed by atoms with Gasteiger partial charge in [-0.15, -0.1) is 0 Å². The lowest BCUT2D eigenvalue weighted by atomic mass is 10.1. The minimum absolute atomic E-state index is 0.245. The first-order valence-corrected chi connectivity index (χ1v) is 3.01. The molecule has 0 saturated carbocycles. The van der Waals surface area contributed by atoms with Crippen molar-refractivity contribution in [2.24, 2.45) is 0 Å². The van der Waals surface area contributed by atoms with E-state index in [2.05, 4.69) is 5.73 Å². The molecule has 0 radical (unpaired) electrons. The molecule has 0 aliphatic carbocycles. The molecule has 0 aromatic heterocycles. The summed E-state index contributed by atoms with van der Waals surface area (Å²) in [4.78, 5) is 10.8. The minimum Gasteiger partial charge on any atom is -0.461 e. The molecule has 54 valence electrons. The summed E-state index contributed by atoms with van der Waals surface area (Å²) < 4.78 is 4.70. The molecule has 0 rings (SSSR count). The molecule has 0 unspecified atom stereocenters. The highest BCUT2D eigenvalue weighted by atomic mass is 16.5. The predicted molar refractivity (Wildman–Crippen MR) is 33.6 cm³/mol. The van der Waals surface area contributed by atoms with E-state index in [1.54, 1.807) is 20.8 Å². The van der Waals surface area contributed by atoms with Crippen LogP contribution < -0.4 is 5.73 Å². The molecular formula is C6H14NO2+. The second-order valence-electron chi connectivity index (χ2n) is 2.60. The Kier molecular flexibility index (Phi) is 2.65. The summed E-state index contributed by atoms with van der Waals surface area (Å²) in [6.45, 7) is 5.66. The van der Waals surface area contributed by atoms with Crippen molar-refractivity contribution >= 4 is 5.97 Å². The smallest absolute Gasteiger partial charge is 0.367 e. The predicted octanol–water partition coefficient (Wildman–Crippen LogP) is -0.430. The quantitative estimate of drug-likeness (QED) is 0.518. The number of esters is 1. The van der Waals surface area contributed by atoms with E-state index in [0.29, 0.717) is 6.61 Å². The molecule has 0 aliphatic rings. The third kappa shape index (κ3) is 3.08. The Morgan fingerprint density at radius 1 is 1.67 bits per heavy atom. The van der Waals surface area contributed by atoms with Gasteiger partial charge in [0.15, 0.2) is 5.54 Å². The Hall–Kier alpha value is -0.570. The van der Waals surface area contributed by atoms with Gasteiger partial charge in [0, 0.05) is 13.8 Å². The normalized spacial score (nSPS) is 11.1. The van der Waals surface area contributed by atoms with Crippen LogP contribution in [0.3, 0.4) is 0 Å². The maximum absolute atomic E-state index is 10.8. The number of hydrogen-bond acceptors (Lipinski definition) is 2. The zero-order chi connectivity index (χ0) is 7.49. The van der Waals surface area contributed by atoms with Crippen molar-refractivity contribution in [3.8, 4) is 0 Å². The van der Waals surface area contributed by atoms with E-state index in [-0.39, 0.29) is 5.97 Å². The maximum atomic E-state index is 10.8. The maximum Gasteiger partial charge on any atom is 0.367 e. The monoisotopic (exact) mass is 132 g/mol. The molecule has 3 N–H and O–H groups in total. The molecule has 3 nitrogen and oxygen atoms in total. The standard InChI is InChI=1S/C6H13NO2/c1-4-9-5(8)6(2,3)7/h4,7H2,1-3H3/p+1. The highest BCUT2D eigenvalue weighted by Gasteiger charge is 2.27. The van der Waals surface area contributed by atoms with Crippen LogP contribution in [0.25, 0.3) is 0 Å². The first-order valence-electron chi connectivity index (χ1n) is 3.01. The average Bonchev–Trinajstić information content (AvgIpc) is 1.64. The van der Waals surface area contributed by atoms with Crippen LogP contribution in [-0.4, -0.2) is 18.1 Å². The molecule has 0 bridgehead atoms. The summed E-state index contributed by atoms with van der Waals surface area (Å²) in [7, 11) is 0. The molecule has 0 aromatic carbocycles. The lowest BCUT2D eigenvalue weighted by Gasteiger charge is -2.11. The lowest BCUT2D eigenvalue weighted by Crippen LogP contribution is -2.73. The van der Waals surface area contributed by atoms with E-state index < -0.39 is 5.54 Å². The number of rotatable bonds is 2. The number of ether oxygens (including phenoxy) is 1. The fourth-order valence-corrected chi connectivity index (χ4v) is 0.326. The van der Waals surface area contributed by atoms with E-state index in [4.69, 9.17) is 4.74 Å². The van der Waals surface area contributed by atoms with Gasteiger partial charge in [0.25, 0.3) is 0 Å². The number of carbonyl (C=O) groups is 1. The van der Waals surface area contributed by atoms with Gasteiger partial charge in [-0.2, -0.15) is 0 Å². The fourth-order valence-electron chi connectivity index (χ4n) is 0.326. The number of quaternary nitrogens is 1. The van der Waals surface area contributed by atoms with Gasteiger partial charge < -0.3 is 10.5 Å². The van der Waals surface area contributed by atoms with Crippen LogP contribution in [0.4, 0.5) is 0 Å². The van der Waals surface area contributed by atoms with Gasteiger partial charge >= 0.3 is 5.97 Å². The topological polar surface area (TPSA) is 53.9 Å². The van der Waals surface area contributed by atoms with Crippen LogP contribution in [0.1, 0.15) is 20.8 Å². The first-order chi connectivity index (χ1) is 3.98. The molecule has 0 fully saturated rings. The summed E-state index contributed by atoms with van der Waals surface area (Å²) in [6.07, 6.45) is 0. The molecule has 0 aliphatic heterocycles. The second-order valence-corrected chi connectivity index (χ2v) is 2.60. The van der Waals surface area contributed by atoms with Gasteiger partial charge in [-0.05, 0) is 6.92 Å². The Bertz CT molecular complexity index is 104. The van der Waals surface area contributed by atoms with E-state index in [1.165, 1.54) is 0 Å². The number of carbonyl (C=O) groups excluding carboxylic acids is 1. The Balaban J connectivity index is 3.74. The Morgan fingerprint density at radius 3 is 2.22 bits per heavy atom. The van der Waals surface area contributed by atoms with Crippen LogP contribution in [0.2, 0.25) is 0 Å². The van der Waals surface area contributed by atoms with Gasteiger partial charge in [-0.25, -0.2) is 4.79 Å². The lowest BCUT2D eigenvalue weighted by molar-refractivity contribution is -0.450. The van der Waals surface area contributed by atoms with Gasteiger partial charge in [0.05, 0.1) is 6.61 Å². The number of hydrogen-bond donors (Lipinski definition) is 1. The third-order valence-electron chi connectivity index (χ3n) is 0.828. The largest absolute Gasteiger partial charge is 0.461 e. The van der Waals surface area contributed by atoms with Gasteiger partial charge in [-0.3, -0.25) is 0 Å². The van der Waals surface area contributed by atoms with Crippen molar-refractivity contribution in [2.75, 3.05) is 6.61 Å². The van der Waals surface area contributed by atoms with Crippen LogP contribution in [-0.2, 0) is 9.53 Å². The third-order valence-corrected chi connectivity index (χ3v) is 0.828. The van der Waals surface area contributed by atoms with Gasteiger partial charge in [-0.1, -0.05) is 0 Å². The highest BCUT2D eigenvalue weighted by Crippen LogP contribution is 1.95. The molecule has 0 amide bonds. The molecule has 9 heavy (non-hydrogen) atoms. The summed E-state index contributed by atoms with van der Waals surface area (Å²) in [6, 6.07) is 0. The van der Waals surface area contributed by atoms with Crippen LogP contribution in [0.15, 0.2) is 0 Å². The first kappa shape index (κ1) is 8.43.